The van der Waals surface area contributed by atoms with E-state index in [1.54, 1.807) is 6.92 Å². The number of hydrogen-bond donors (Lipinski definition) is 3. The van der Waals surface area contributed by atoms with Gasteiger partial charge in [-0.15, -0.1) is 0 Å². The van der Waals surface area contributed by atoms with E-state index < -0.39 is 23.8 Å². The maximum Gasteiger partial charge on any atom is 0.336 e. The Labute approximate surface area is 103 Å². The fraction of sp³-hybridized carbons (Fsp3) is 0.250. The van der Waals surface area contributed by atoms with E-state index in [-0.39, 0.29) is 5.56 Å². The van der Waals surface area contributed by atoms with Crippen LogP contribution in [-0.2, 0) is 9.59 Å². The number of carboxylic acids is 2. The maximum atomic E-state index is 11.5. The van der Waals surface area contributed by atoms with E-state index in [1.807, 2.05) is 0 Å². The van der Waals surface area contributed by atoms with Gasteiger partial charge in [0.2, 0.25) is 5.91 Å². The lowest BCUT2D eigenvalue weighted by atomic mass is 10.1. The molecule has 0 aromatic heterocycles. The van der Waals surface area contributed by atoms with Crippen molar-refractivity contribution >= 4 is 23.5 Å². The molecular weight excluding hydrogens is 238 g/mol. The third-order valence-electron chi connectivity index (χ3n) is 2.59. The number of benzene rings is 1. The smallest absolute Gasteiger partial charge is 0.336 e. The van der Waals surface area contributed by atoms with Gasteiger partial charge in [-0.25, -0.2) is 4.79 Å². The molecule has 96 valence electrons. The van der Waals surface area contributed by atoms with Crippen LogP contribution >= 0.6 is 0 Å². The van der Waals surface area contributed by atoms with E-state index >= 15 is 0 Å². The predicted molar refractivity (Wildman–Crippen MR) is 63.6 cm³/mol. The monoisotopic (exact) mass is 251 g/mol. The van der Waals surface area contributed by atoms with Gasteiger partial charge in [0.15, 0.2) is 0 Å². The molecule has 0 fully saturated rings. The number of carbonyl (C=O) groups excluding carboxylic acids is 1. The minimum Gasteiger partial charge on any atom is -0.481 e. The molecule has 6 nitrogen and oxygen atoms in total. The minimum absolute atomic E-state index is 0.0655. The lowest BCUT2D eigenvalue weighted by Crippen LogP contribution is -2.27. The van der Waals surface area contributed by atoms with E-state index in [1.165, 1.54) is 25.1 Å². The lowest BCUT2D eigenvalue weighted by molar-refractivity contribution is -0.144. The summed E-state index contributed by atoms with van der Waals surface area (Å²) in [6.45, 7) is 2.80. The summed E-state index contributed by atoms with van der Waals surface area (Å²) in [4.78, 5) is 33.1. The molecule has 0 saturated heterocycles. The zero-order chi connectivity index (χ0) is 13.9. The van der Waals surface area contributed by atoms with E-state index in [4.69, 9.17) is 10.2 Å². The predicted octanol–water partition coefficient (Wildman–Crippen LogP) is 1.35. The molecule has 0 spiro atoms. The summed E-state index contributed by atoms with van der Waals surface area (Å²) >= 11 is 0. The number of rotatable bonds is 4. The first-order chi connectivity index (χ1) is 8.34. The molecule has 0 bridgehead atoms. The molecule has 18 heavy (non-hydrogen) atoms. The second kappa shape index (κ2) is 5.31. The van der Waals surface area contributed by atoms with Gasteiger partial charge in [0, 0.05) is 5.69 Å². The number of carboxylic acid groups (broad SMARTS) is 2. The minimum atomic E-state index is -1.24. The number of nitrogens with one attached hydrogen (secondary N) is 1. The van der Waals surface area contributed by atoms with Gasteiger partial charge in [0.1, 0.15) is 5.92 Å². The average molecular weight is 251 g/mol. The van der Waals surface area contributed by atoms with Crippen LogP contribution in [0.2, 0.25) is 0 Å². The summed E-state index contributed by atoms with van der Waals surface area (Å²) in [5.74, 6) is -4.22. The molecule has 0 aliphatic rings. The molecule has 1 unspecified atom stereocenters. The van der Waals surface area contributed by atoms with Crippen molar-refractivity contribution in [1.82, 2.24) is 0 Å². The highest BCUT2D eigenvalue weighted by molar-refractivity contribution is 6.04. The Morgan fingerprint density at radius 2 is 1.83 bits per heavy atom. The summed E-state index contributed by atoms with van der Waals surface area (Å²) in [6.07, 6.45) is 0. The van der Waals surface area contributed by atoms with Gasteiger partial charge in [0.25, 0.3) is 0 Å². The van der Waals surface area contributed by atoms with Crippen LogP contribution in [0.4, 0.5) is 5.69 Å². The van der Waals surface area contributed by atoms with Crippen molar-refractivity contribution in [1.29, 1.82) is 0 Å². The highest BCUT2D eigenvalue weighted by Crippen LogP contribution is 2.19. The number of anilines is 1. The quantitative estimate of drug-likeness (QED) is 0.701. The van der Waals surface area contributed by atoms with Gasteiger partial charge in [-0.1, -0.05) is 6.07 Å². The third-order valence-corrected chi connectivity index (χ3v) is 2.59. The van der Waals surface area contributed by atoms with Gasteiger partial charge in [-0.05, 0) is 31.5 Å². The molecular formula is C12H13NO5. The molecule has 0 heterocycles. The zero-order valence-corrected chi connectivity index (χ0v) is 9.93. The first-order valence-corrected chi connectivity index (χ1v) is 5.21. The third kappa shape index (κ3) is 2.85. The first-order valence-electron chi connectivity index (χ1n) is 5.21. The van der Waals surface area contributed by atoms with Gasteiger partial charge in [-0.2, -0.15) is 0 Å². The first kappa shape index (κ1) is 13.7. The van der Waals surface area contributed by atoms with Gasteiger partial charge < -0.3 is 15.5 Å². The molecule has 0 saturated carbocycles. The van der Waals surface area contributed by atoms with Crippen LogP contribution in [0.3, 0.4) is 0 Å². The van der Waals surface area contributed by atoms with Crippen LogP contribution in [0, 0.1) is 12.8 Å². The number of hydrogen-bond acceptors (Lipinski definition) is 3. The van der Waals surface area contributed by atoms with Gasteiger partial charge in [-0.3, -0.25) is 9.59 Å². The summed E-state index contributed by atoms with van der Waals surface area (Å²) in [5, 5.41) is 20.0. The Morgan fingerprint density at radius 1 is 1.22 bits per heavy atom. The van der Waals surface area contributed by atoms with Crippen LogP contribution in [0.1, 0.15) is 22.8 Å². The van der Waals surface area contributed by atoms with Crippen LogP contribution in [0.5, 0.6) is 0 Å². The largest absolute Gasteiger partial charge is 0.481 e. The molecule has 0 aliphatic heterocycles. The Hall–Kier alpha value is -2.37. The van der Waals surface area contributed by atoms with Crippen molar-refractivity contribution in [2.45, 2.75) is 13.8 Å². The van der Waals surface area contributed by atoms with Crippen LogP contribution in [0.25, 0.3) is 0 Å². The Morgan fingerprint density at radius 3 is 2.33 bits per heavy atom. The molecule has 6 heteroatoms. The number of amides is 1. The van der Waals surface area contributed by atoms with Gasteiger partial charge in [0.05, 0.1) is 5.56 Å². The van der Waals surface area contributed by atoms with Crippen LogP contribution in [-0.4, -0.2) is 28.1 Å². The molecule has 1 atom stereocenters. The second-order valence-corrected chi connectivity index (χ2v) is 3.83. The van der Waals surface area contributed by atoms with Crippen molar-refractivity contribution in [3.63, 3.8) is 0 Å². The molecule has 0 radical (unpaired) electrons. The topological polar surface area (TPSA) is 104 Å². The highest BCUT2D eigenvalue weighted by atomic mass is 16.4. The molecule has 1 rings (SSSR count). The molecule has 1 aromatic carbocycles. The normalized spacial score (nSPS) is 11.7. The van der Waals surface area contributed by atoms with Crippen molar-refractivity contribution < 1.29 is 24.6 Å². The second-order valence-electron chi connectivity index (χ2n) is 3.83. The molecule has 1 amide bonds. The Kier molecular flexibility index (Phi) is 4.04. The van der Waals surface area contributed by atoms with Crippen LogP contribution < -0.4 is 5.32 Å². The SMILES string of the molecule is Cc1c(NC(=O)C(C)C(=O)O)cccc1C(=O)O. The molecule has 1 aromatic rings. The standard InChI is InChI=1S/C12H13NO5/c1-6-8(12(17)18)4-3-5-9(6)13-10(14)7(2)11(15)16/h3-5,7H,1-2H3,(H,13,14)(H,15,16)(H,17,18). The zero-order valence-electron chi connectivity index (χ0n) is 9.93. The Balaban J connectivity index is 2.99. The van der Waals surface area contributed by atoms with E-state index in [0.29, 0.717) is 11.3 Å². The summed E-state index contributed by atoms with van der Waals surface area (Å²) < 4.78 is 0. The van der Waals surface area contributed by atoms with Crippen molar-refractivity contribution in [3.05, 3.63) is 29.3 Å². The van der Waals surface area contributed by atoms with Crippen LogP contribution in [0.15, 0.2) is 18.2 Å². The van der Waals surface area contributed by atoms with Crippen molar-refractivity contribution in [2.75, 3.05) is 5.32 Å². The highest BCUT2D eigenvalue weighted by Gasteiger charge is 2.21. The molecule has 0 aliphatic carbocycles. The maximum absolute atomic E-state index is 11.5. The lowest BCUT2D eigenvalue weighted by Gasteiger charge is -2.12. The fourth-order valence-corrected chi connectivity index (χ4v) is 1.36. The van der Waals surface area contributed by atoms with E-state index in [2.05, 4.69) is 5.32 Å². The average Bonchev–Trinajstić information content (AvgIpc) is 2.30. The Bertz CT molecular complexity index is 509. The summed E-state index contributed by atoms with van der Waals surface area (Å²) in [5.41, 5.74) is 0.750. The van der Waals surface area contributed by atoms with Crippen molar-refractivity contribution in [2.24, 2.45) is 5.92 Å². The number of carbonyl (C=O) groups is 3. The number of aliphatic carboxylic acids is 1. The molecule has 3 N–H and O–H groups in total. The summed E-state index contributed by atoms with van der Waals surface area (Å²) in [7, 11) is 0. The van der Waals surface area contributed by atoms with Gasteiger partial charge >= 0.3 is 11.9 Å². The van der Waals surface area contributed by atoms with Crippen molar-refractivity contribution in [3.8, 4) is 0 Å². The van der Waals surface area contributed by atoms with E-state index in [0.717, 1.165) is 0 Å². The summed E-state index contributed by atoms with van der Waals surface area (Å²) in [6, 6.07) is 4.42. The number of aromatic carboxylic acids is 1. The fourth-order valence-electron chi connectivity index (χ4n) is 1.36. The van der Waals surface area contributed by atoms with E-state index in [9.17, 15) is 14.4 Å².